The number of anilines is 1. The van der Waals surface area contributed by atoms with E-state index < -0.39 is 0 Å². The molecule has 0 bridgehead atoms. The Hall–Kier alpha value is -1.19. The Morgan fingerprint density at radius 1 is 1.33 bits per heavy atom. The quantitative estimate of drug-likeness (QED) is 0.607. The molecule has 0 radical (unpaired) electrons. The molecule has 0 unspecified atom stereocenters. The molecular formula is C9H13N5O2S2. The van der Waals surface area contributed by atoms with E-state index in [1.54, 1.807) is 30.2 Å². The van der Waals surface area contributed by atoms with E-state index in [2.05, 4.69) is 25.7 Å². The van der Waals surface area contributed by atoms with E-state index >= 15 is 0 Å². The molecule has 2 aromatic rings. The van der Waals surface area contributed by atoms with Gasteiger partial charge in [0.25, 0.3) is 0 Å². The zero-order chi connectivity index (χ0) is 12.8. The van der Waals surface area contributed by atoms with Crippen molar-refractivity contribution in [3.63, 3.8) is 0 Å². The Morgan fingerprint density at radius 2 is 2.22 bits per heavy atom. The lowest BCUT2D eigenvalue weighted by atomic mass is 10.7. The lowest BCUT2D eigenvalue weighted by Crippen LogP contribution is -2.04. The number of nitrogens with zero attached hydrogens (tertiary/aromatic N) is 4. The van der Waals surface area contributed by atoms with Gasteiger partial charge in [0.2, 0.25) is 5.89 Å². The largest absolute Gasteiger partial charge is 0.406 e. The van der Waals surface area contributed by atoms with Gasteiger partial charge in [-0.15, -0.1) is 15.3 Å². The first kappa shape index (κ1) is 13.2. The van der Waals surface area contributed by atoms with Crippen molar-refractivity contribution in [2.24, 2.45) is 0 Å². The van der Waals surface area contributed by atoms with E-state index in [1.165, 1.54) is 0 Å². The van der Waals surface area contributed by atoms with Gasteiger partial charge in [-0.2, -0.15) is 0 Å². The molecule has 0 atom stereocenters. The zero-order valence-corrected chi connectivity index (χ0v) is 11.7. The van der Waals surface area contributed by atoms with Crippen LogP contribution in [-0.4, -0.2) is 39.8 Å². The maximum absolute atomic E-state index is 5.29. The van der Waals surface area contributed by atoms with Crippen LogP contribution in [0.5, 0.6) is 0 Å². The van der Waals surface area contributed by atoms with Crippen molar-refractivity contribution >= 4 is 29.1 Å². The van der Waals surface area contributed by atoms with E-state index in [0.29, 0.717) is 18.5 Å². The van der Waals surface area contributed by atoms with E-state index in [0.717, 1.165) is 21.6 Å². The summed E-state index contributed by atoms with van der Waals surface area (Å²) < 4.78 is 11.1. The van der Waals surface area contributed by atoms with Crippen LogP contribution in [0.15, 0.2) is 8.76 Å². The van der Waals surface area contributed by atoms with Gasteiger partial charge in [-0.25, -0.2) is 0 Å². The Bertz CT molecular complexity index is 487. The minimum absolute atomic E-state index is 0.327. The second-order valence-electron chi connectivity index (χ2n) is 3.30. The fourth-order valence-electron chi connectivity index (χ4n) is 1.14. The van der Waals surface area contributed by atoms with Crippen molar-refractivity contribution in [3.8, 4) is 0 Å². The second-order valence-corrected chi connectivity index (χ2v) is 5.82. The van der Waals surface area contributed by atoms with Crippen molar-refractivity contribution in [1.82, 2.24) is 20.4 Å². The number of rotatable bonds is 7. The van der Waals surface area contributed by atoms with Gasteiger partial charge in [0, 0.05) is 19.4 Å². The molecule has 1 N–H and O–H groups in total. The summed E-state index contributed by atoms with van der Waals surface area (Å²) in [7, 11) is 1.58. The summed E-state index contributed by atoms with van der Waals surface area (Å²) in [6, 6.07) is 0.413. The average molecular weight is 287 g/mol. The Labute approximate surface area is 112 Å². The van der Waals surface area contributed by atoms with Crippen LogP contribution in [0.4, 0.5) is 6.01 Å². The fraction of sp³-hybridized carbons (Fsp3) is 0.556. The number of aryl methyl sites for hydroxylation is 1. The summed E-state index contributed by atoms with van der Waals surface area (Å²) in [6.07, 6.45) is 0. The predicted molar refractivity (Wildman–Crippen MR) is 68.9 cm³/mol. The number of hydrogen-bond donors (Lipinski definition) is 1. The highest BCUT2D eigenvalue weighted by atomic mass is 32.2. The number of aromatic nitrogens is 4. The van der Waals surface area contributed by atoms with Crippen molar-refractivity contribution < 1.29 is 9.15 Å². The molecule has 7 nitrogen and oxygen atoms in total. The molecule has 0 aliphatic heterocycles. The van der Waals surface area contributed by atoms with Crippen LogP contribution in [0, 0.1) is 6.92 Å². The first-order valence-electron chi connectivity index (χ1n) is 5.26. The molecule has 18 heavy (non-hydrogen) atoms. The third-order valence-electron chi connectivity index (χ3n) is 1.85. The monoisotopic (exact) mass is 287 g/mol. The number of ether oxygens (including phenoxy) is 1. The molecule has 0 aliphatic rings. The molecule has 0 fully saturated rings. The predicted octanol–water partition coefficient (Wildman–Crippen LogP) is 1.58. The van der Waals surface area contributed by atoms with Crippen LogP contribution in [0.25, 0.3) is 0 Å². The molecule has 9 heteroatoms. The second kappa shape index (κ2) is 6.66. The third-order valence-corrected chi connectivity index (χ3v) is 3.82. The van der Waals surface area contributed by atoms with Crippen LogP contribution in [0.2, 0.25) is 0 Å². The highest BCUT2D eigenvalue weighted by molar-refractivity contribution is 8.01. The van der Waals surface area contributed by atoms with Crippen LogP contribution >= 0.6 is 23.1 Å². The average Bonchev–Trinajstić information content (AvgIpc) is 2.95. The molecular weight excluding hydrogens is 274 g/mol. The van der Waals surface area contributed by atoms with E-state index in [1.807, 2.05) is 6.92 Å². The minimum atomic E-state index is 0.327. The molecule has 0 aliphatic carbocycles. The highest BCUT2D eigenvalue weighted by Crippen LogP contribution is 2.21. The first-order chi connectivity index (χ1) is 8.78. The standard InChI is InChI=1S/C9H13N5O2S2/c1-6-11-14-9(18-6)17-4-3-10-8-13-12-7(16-8)5-15-2/h3-5H2,1-2H3,(H,10,13). The Balaban J connectivity index is 1.68. The van der Waals surface area contributed by atoms with Crippen LogP contribution in [-0.2, 0) is 11.3 Å². The lowest BCUT2D eigenvalue weighted by Gasteiger charge is -1.98. The fourth-order valence-corrected chi connectivity index (χ4v) is 2.88. The normalized spacial score (nSPS) is 10.8. The van der Waals surface area contributed by atoms with Crippen molar-refractivity contribution in [2.45, 2.75) is 17.9 Å². The number of hydrogen-bond acceptors (Lipinski definition) is 9. The molecule has 2 heterocycles. The number of methoxy groups -OCH3 is 1. The molecule has 2 rings (SSSR count). The minimum Gasteiger partial charge on any atom is -0.406 e. The lowest BCUT2D eigenvalue weighted by molar-refractivity contribution is 0.160. The summed E-state index contributed by atoms with van der Waals surface area (Å²) in [6.45, 7) is 2.99. The van der Waals surface area contributed by atoms with Gasteiger partial charge in [-0.1, -0.05) is 28.2 Å². The molecule has 0 saturated heterocycles. The first-order valence-corrected chi connectivity index (χ1v) is 7.06. The molecule has 0 aromatic carbocycles. The van der Waals surface area contributed by atoms with Crippen molar-refractivity contribution in [3.05, 3.63) is 10.9 Å². The Kier molecular flexibility index (Phi) is 4.90. The third kappa shape index (κ3) is 3.93. The van der Waals surface area contributed by atoms with Crippen LogP contribution in [0.3, 0.4) is 0 Å². The van der Waals surface area contributed by atoms with Crippen LogP contribution in [0.1, 0.15) is 10.9 Å². The van der Waals surface area contributed by atoms with E-state index in [4.69, 9.17) is 9.15 Å². The molecule has 0 saturated carbocycles. The van der Waals surface area contributed by atoms with Gasteiger partial charge in [-0.3, -0.25) is 0 Å². The molecule has 2 aromatic heterocycles. The smallest absolute Gasteiger partial charge is 0.315 e. The van der Waals surface area contributed by atoms with Gasteiger partial charge in [0.15, 0.2) is 4.34 Å². The van der Waals surface area contributed by atoms with Gasteiger partial charge in [-0.05, 0) is 6.92 Å². The van der Waals surface area contributed by atoms with Gasteiger partial charge < -0.3 is 14.5 Å². The summed E-state index contributed by atoms with van der Waals surface area (Å²) in [5, 5.41) is 19.6. The number of nitrogens with one attached hydrogen (secondary N) is 1. The molecule has 0 spiro atoms. The number of thioether (sulfide) groups is 1. The van der Waals surface area contributed by atoms with Crippen molar-refractivity contribution in [2.75, 3.05) is 24.7 Å². The maximum Gasteiger partial charge on any atom is 0.315 e. The highest BCUT2D eigenvalue weighted by Gasteiger charge is 2.05. The topological polar surface area (TPSA) is 86.0 Å². The summed E-state index contributed by atoms with van der Waals surface area (Å²) in [4.78, 5) is 0. The van der Waals surface area contributed by atoms with Gasteiger partial charge in [0.05, 0.1) is 0 Å². The maximum atomic E-state index is 5.29. The summed E-state index contributed by atoms with van der Waals surface area (Å²) in [5.41, 5.74) is 0. The SMILES string of the molecule is COCc1nnc(NCCSc2nnc(C)s2)o1. The Morgan fingerprint density at radius 3 is 2.94 bits per heavy atom. The van der Waals surface area contributed by atoms with Gasteiger partial charge >= 0.3 is 6.01 Å². The van der Waals surface area contributed by atoms with E-state index in [9.17, 15) is 0 Å². The molecule has 98 valence electrons. The van der Waals surface area contributed by atoms with Crippen molar-refractivity contribution in [1.29, 1.82) is 0 Å². The van der Waals surface area contributed by atoms with E-state index in [-0.39, 0.29) is 0 Å². The van der Waals surface area contributed by atoms with Gasteiger partial charge in [0.1, 0.15) is 11.6 Å². The summed E-state index contributed by atoms with van der Waals surface area (Å²) in [5.74, 6) is 1.32. The summed E-state index contributed by atoms with van der Waals surface area (Å²) >= 11 is 3.24. The molecule has 0 amide bonds. The van der Waals surface area contributed by atoms with Crippen LogP contribution < -0.4 is 5.32 Å². The zero-order valence-electron chi connectivity index (χ0n) is 10.0.